The first-order valence-electron chi connectivity index (χ1n) is 7.55. The number of rotatable bonds is 5. The van der Waals surface area contributed by atoms with E-state index >= 15 is 0 Å². The van der Waals surface area contributed by atoms with Gasteiger partial charge in [-0.2, -0.15) is 0 Å². The van der Waals surface area contributed by atoms with Gasteiger partial charge in [0.2, 0.25) is 0 Å². The van der Waals surface area contributed by atoms with Gasteiger partial charge < -0.3 is 20.1 Å². The molecule has 2 N–H and O–H groups in total. The Morgan fingerprint density at radius 2 is 2.13 bits per heavy atom. The average Bonchev–Trinajstić information content (AvgIpc) is 2.54. The number of aliphatic hydroxyl groups is 1. The number of amides is 1. The van der Waals surface area contributed by atoms with Crippen molar-refractivity contribution < 1.29 is 23.4 Å². The summed E-state index contributed by atoms with van der Waals surface area (Å²) >= 11 is 0. The fourth-order valence-corrected chi connectivity index (χ4v) is 2.87. The van der Waals surface area contributed by atoms with Crippen molar-refractivity contribution in [1.82, 2.24) is 10.2 Å². The van der Waals surface area contributed by atoms with Gasteiger partial charge in [-0.05, 0) is 32.0 Å². The van der Waals surface area contributed by atoms with E-state index in [9.17, 15) is 13.6 Å². The van der Waals surface area contributed by atoms with Crippen molar-refractivity contribution in [3.8, 4) is 0 Å². The summed E-state index contributed by atoms with van der Waals surface area (Å²) in [7, 11) is 1.71. The van der Waals surface area contributed by atoms with Gasteiger partial charge in [-0.3, -0.25) is 0 Å². The normalized spacial score (nSPS) is 22.6. The topological polar surface area (TPSA) is 61.8 Å². The first-order chi connectivity index (χ1) is 10.9. The fourth-order valence-electron chi connectivity index (χ4n) is 2.87. The van der Waals surface area contributed by atoms with E-state index < -0.39 is 24.2 Å². The minimum Gasteiger partial charge on any atom is -0.445 e. The van der Waals surface area contributed by atoms with Crippen molar-refractivity contribution in [2.45, 2.75) is 30.9 Å². The number of alkyl halides is 2. The Balaban J connectivity index is 2.04. The molecule has 0 radical (unpaired) electrons. The Labute approximate surface area is 134 Å². The molecule has 1 aromatic rings. The highest BCUT2D eigenvalue weighted by Crippen LogP contribution is 2.35. The van der Waals surface area contributed by atoms with Crippen molar-refractivity contribution in [2.75, 3.05) is 26.7 Å². The van der Waals surface area contributed by atoms with Crippen LogP contribution < -0.4 is 5.32 Å². The summed E-state index contributed by atoms with van der Waals surface area (Å²) in [6, 6.07) is 8.99. The second-order valence-electron chi connectivity index (χ2n) is 5.97. The number of nitrogens with one attached hydrogen (secondary N) is 1. The number of piperidine rings is 1. The summed E-state index contributed by atoms with van der Waals surface area (Å²) < 4.78 is 33.5. The molecule has 1 fully saturated rings. The first-order valence-corrected chi connectivity index (χ1v) is 7.55. The third-order valence-corrected chi connectivity index (χ3v) is 4.14. The van der Waals surface area contributed by atoms with Crippen LogP contribution in [-0.2, 0) is 11.3 Å². The summed E-state index contributed by atoms with van der Waals surface area (Å²) in [5.41, 5.74) is -1.05. The maximum atomic E-state index is 14.2. The lowest BCUT2D eigenvalue weighted by Crippen LogP contribution is -2.68. The average molecular weight is 328 g/mol. The Hall–Kier alpha value is -1.73. The molecule has 1 atom stereocenters. The summed E-state index contributed by atoms with van der Waals surface area (Å²) in [5, 5.41) is 11.4. The van der Waals surface area contributed by atoms with Crippen LogP contribution >= 0.6 is 0 Å². The summed E-state index contributed by atoms with van der Waals surface area (Å²) in [4.78, 5) is 13.7. The number of carbonyl (C=O) groups is 1. The van der Waals surface area contributed by atoms with Crippen LogP contribution in [0.3, 0.4) is 0 Å². The lowest BCUT2D eigenvalue weighted by atomic mass is 9.83. The molecule has 23 heavy (non-hydrogen) atoms. The van der Waals surface area contributed by atoms with Crippen LogP contribution in [0.2, 0.25) is 0 Å². The molecule has 1 aliphatic rings. The number of halogens is 2. The molecule has 1 saturated heterocycles. The van der Waals surface area contributed by atoms with Gasteiger partial charge in [0.15, 0.2) is 0 Å². The van der Waals surface area contributed by atoms with Crippen molar-refractivity contribution in [3.63, 3.8) is 0 Å². The zero-order chi connectivity index (χ0) is 16.9. The number of likely N-dealkylation sites (tertiary alicyclic amines) is 1. The lowest BCUT2D eigenvalue weighted by molar-refractivity contribution is -0.139. The van der Waals surface area contributed by atoms with Crippen LogP contribution in [0.15, 0.2) is 30.3 Å². The van der Waals surface area contributed by atoms with Gasteiger partial charge >= 0.3 is 6.09 Å². The molecule has 1 heterocycles. The molecule has 2 rings (SSSR count). The molecule has 0 spiro atoms. The summed E-state index contributed by atoms with van der Waals surface area (Å²) in [5.74, 6) is -3.42. The zero-order valence-corrected chi connectivity index (χ0v) is 13.1. The Morgan fingerprint density at radius 1 is 1.43 bits per heavy atom. The van der Waals surface area contributed by atoms with Gasteiger partial charge in [-0.1, -0.05) is 30.3 Å². The molecule has 7 heteroatoms. The Morgan fingerprint density at radius 3 is 2.74 bits per heavy atom. The van der Waals surface area contributed by atoms with Gasteiger partial charge in [0, 0.05) is 6.54 Å². The number of hydrogen-bond donors (Lipinski definition) is 2. The van der Waals surface area contributed by atoms with Crippen LogP contribution in [0.25, 0.3) is 0 Å². The lowest BCUT2D eigenvalue weighted by Gasteiger charge is -2.45. The molecule has 0 aromatic heterocycles. The number of hydrogen-bond acceptors (Lipinski definition) is 4. The van der Waals surface area contributed by atoms with Crippen molar-refractivity contribution >= 4 is 6.09 Å². The van der Waals surface area contributed by atoms with Crippen LogP contribution in [0.1, 0.15) is 18.4 Å². The Kier molecular flexibility index (Phi) is 5.54. The van der Waals surface area contributed by atoms with E-state index in [0.29, 0.717) is 13.0 Å². The van der Waals surface area contributed by atoms with Crippen molar-refractivity contribution in [2.24, 2.45) is 0 Å². The highest BCUT2D eigenvalue weighted by atomic mass is 19.3. The van der Waals surface area contributed by atoms with Gasteiger partial charge in [0.25, 0.3) is 5.92 Å². The third-order valence-electron chi connectivity index (χ3n) is 4.14. The molecule has 1 amide bonds. The molecular formula is C16H22F2N2O3. The smallest absolute Gasteiger partial charge is 0.408 e. The number of benzene rings is 1. The van der Waals surface area contributed by atoms with Gasteiger partial charge in [0.1, 0.15) is 18.8 Å². The van der Waals surface area contributed by atoms with E-state index in [1.807, 2.05) is 6.07 Å². The molecule has 0 aliphatic carbocycles. The predicted octanol–water partition coefficient (Wildman–Crippen LogP) is 2.00. The standard InChI is InChI=1S/C16H22F2N2O3/c1-20-9-5-8-15(11-20,16(17,18)12-21)19-14(22)23-10-13-6-3-2-4-7-13/h2-4,6-7,21H,5,8-12H2,1H3,(H,19,22). The van der Waals surface area contributed by atoms with Gasteiger partial charge in [-0.25, -0.2) is 13.6 Å². The quantitative estimate of drug-likeness (QED) is 0.868. The molecular weight excluding hydrogens is 306 g/mol. The van der Waals surface area contributed by atoms with Gasteiger partial charge in [0.05, 0.1) is 0 Å². The van der Waals surface area contributed by atoms with Crippen molar-refractivity contribution in [1.29, 1.82) is 0 Å². The predicted molar refractivity (Wildman–Crippen MR) is 81.3 cm³/mol. The van der Waals surface area contributed by atoms with Crippen LogP contribution in [0, 0.1) is 0 Å². The highest BCUT2D eigenvalue weighted by molar-refractivity contribution is 5.68. The third kappa shape index (κ3) is 4.17. The number of aliphatic hydroxyl groups excluding tert-OH is 1. The van der Waals surface area contributed by atoms with Gasteiger partial charge in [-0.15, -0.1) is 0 Å². The Bertz CT molecular complexity index is 527. The molecule has 0 saturated carbocycles. The number of ether oxygens (including phenoxy) is 1. The number of nitrogens with zero attached hydrogens (tertiary/aromatic N) is 1. The summed E-state index contributed by atoms with van der Waals surface area (Å²) in [6.45, 7) is -0.686. The maximum Gasteiger partial charge on any atom is 0.408 e. The van der Waals surface area contributed by atoms with E-state index in [0.717, 1.165) is 5.56 Å². The molecule has 1 unspecified atom stereocenters. The monoisotopic (exact) mass is 328 g/mol. The number of carbonyl (C=O) groups excluding carboxylic acids is 1. The second kappa shape index (κ2) is 7.23. The zero-order valence-electron chi connectivity index (χ0n) is 13.1. The van der Waals surface area contributed by atoms with Crippen LogP contribution in [0.5, 0.6) is 0 Å². The highest BCUT2D eigenvalue weighted by Gasteiger charge is 2.55. The molecule has 5 nitrogen and oxygen atoms in total. The molecule has 128 valence electrons. The van der Waals surface area contributed by atoms with Crippen LogP contribution in [-0.4, -0.2) is 54.3 Å². The molecule has 0 bridgehead atoms. The largest absolute Gasteiger partial charge is 0.445 e. The maximum absolute atomic E-state index is 14.2. The number of likely N-dealkylation sites (N-methyl/N-ethyl adjacent to an activating group) is 1. The van der Waals surface area contributed by atoms with Crippen molar-refractivity contribution in [3.05, 3.63) is 35.9 Å². The molecule has 1 aliphatic heterocycles. The van der Waals surface area contributed by atoms with E-state index in [4.69, 9.17) is 9.84 Å². The second-order valence-corrected chi connectivity index (χ2v) is 5.97. The van der Waals surface area contributed by atoms with E-state index in [1.165, 1.54) is 0 Å². The van der Waals surface area contributed by atoms with E-state index in [2.05, 4.69) is 5.32 Å². The van der Waals surface area contributed by atoms with Crippen LogP contribution in [0.4, 0.5) is 13.6 Å². The minimum absolute atomic E-state index is 0.00326. The van der Waals surface area contributed by atoms with E-state index in [-0.39, 0.29) is 19.6 Å². The SMILES string of the molecule is CN1CCCC(NC(=O)OCc2ccccc2)(C(F)(F)CO)C1. The van der Waals surface area contributed by atoms with E-state index in [1.54, 1.807) is 36.2 Å². The first kappa shape index (κ1) is 17.6. The fraction of sp³-hybridized carbons (Fsp3) is 0.562. The number of alkyl carbamates (subject to hydrolysis) is 1. The summed E-state index contributed by atoms with van der Waals surface area (Å²) in [6.07, 6.45) is -0.312. The molecule has 1 aromatic carbocycles. The minimum atomic E-state index is -3.42.